The first-order valence-corrected chi connectivity index (χ1v) is 7.25. The lowest BCUT2D eigenvalue weighted by molar-refractivity contribution is 0.493. The lowest BCUT2D eigenvalue weighted by Gasteiger charge is -2.26. The standard InChI is InChI=1S/C19H20N2/c1-14-7-9-16(10-8-14)19(2,20)13-15-11-12-21-18-6-4-3-5-17(15)18/h3-12H,13,20H2,1-2H3. The van der Waals surface area contributed by atoms with Crippen LogP contribution in [0.2, 0.25) is 0 Å². The van der Waals surface area contributed by atoms with Gasteiger partial charge in [-0.2, -0.15) is 0 Å². The second-order valence-electron chi connectivity index (χ2n) is 5.95. The van der Waals surface area contributed by atoms with Crippen LogP contribution in [-0.2, 0) is 12.0 Å². The minimum atomic E-state index is -0.391. The normalized spacial score (nSPS) is 14.0. The third-order valence-electron chi connectivity index (χ3n) is 4.01. The van der Waals surface area contributed by atoms with E-state index in [9.17, 15) is 0 Å². The minimum absolute atomic E-state index is 0.391. The average molecular weight is 276 g/mol. The highest BCUT2D eigenvalue weighted by atomic mass is 14.7. The highest BCUT2D eigenvalue weighted by molar-refractivity contribution is 5.82. The van der Waals surface area contributed by atoms with Crippen LogP contribution in [0.1, 0.15) is 23.6 Å². The third-order valence-corrected chi connectivity index (χ3v) is 4.01. The van der Waals surface area contributed by atoms with Crippen LogP contribution >= 0.6 is 0 Å². The van der Waals surface area contributed by atoms with E-state index in [2.05, 4.69) is 55.2 Å². The molecule has 0 bridgehead atoms. The maximum absolute atomic E-state index is 6.59. The van der Waals surface area contributed by atoms with Gasteiger partial charge in [0.2, 0.25) is 0 Å². The Balaban J connectivity index is 1.99. The molecule has 3 rings (SSSR count). The van der Waals surface area contributed by atoms with Gasteiger partial charge in [-0.1, -0.05) is 48.0 Å². The summed E-state index contributed by atoms with van der Waals surface area (Å²) < 4.78 is 0. The summed E-state index contributed by atoms with van der Waals surface area (Å²) in [5, 5.41) is 1.18. The molecule has 0 fully saturated rings. The van der Waals surface area contributed by atoms with Crippen LogP contribution < -0.4 is 5.73 Å². The van der Waals surface area contributed by atoms with Gasteiger partial charge in [0.25, 0.3) is 0 Å². The second kappa shape index (κ2) is 5.30. The quantitative estimate of drug-likeness (QED) is 0.786. The lowest BCUT2D eigenvalue weighted by atomic mass is 9.85. The van der Waals surface area contributed by atoms with E-state index in [1.54, 1.807) is 0 Å². The van der Waals surface area contributed by atoms with E-state index < -0.39 is 5.54 Å². The molecule has 0 aliphatic carbocycles. The Labute approximate surface area is 125 Å². The molecule has 2 heteroatoms. The molecule has 0 saturated carbocycles. The van der Waals surface area contributed by atoms with Crippen molar-refractivity contribution in [2.24, 2.45) is 5.73 Å². The topological polar surface area (TPSA) is 38.9 Å². The van der Waals surface area contributed by atoms with Gasteiger partial charge >= 0.3 is 0 Å². The first-order valence-electron chi connectivity index (χ1n) is 7.25. The predicted octanol–water partition coefficient (Wildman–Crippen LogP) is 3.96. The van der Waals surface area contributed by atoms with E-state index in [0.717, 1.165) is 17.5 Å². The smallest absolute Gasteiger partial charge is 0.0704 e. The highest BCUT2D eigenvalue weighted by Gasteiger charge is 2.22. The number of rotatable bonds is 3. The number of pyridine rings is 1. The Morgan fingerprint density at radius 2 is 1.71 bits per heavy atom. The molecule has 2 aromatic carbocycles. The molecule has 2 nitrogen and oxygen atoms in total. The number of hydrogen-bond donors (Lipinski definition) is 1. The Morgan fingerprint density at radius 3 is 2.48 bits per heavy atom. The van der Waals surface area contributed by atoms with Crippen LogP contribution in [0.3, 0.4) is 0 Å². The Morgan fingerprint density at radius 1 is 1.00 bits per heavy atom. The van der Waals surface area contributed by atoms with Gasteiger partial charge in [0, 0.05) is 17.1 Å². The molecule has 1 heterocycles. The van der Waals surface area contributed by atoms with Crippen molar-refractivity contribution in [3.8, 4) is 0 Å². The van der Waals surface area contributed by atoms with Crippen LogP contribution in [0.25, 0.3) is 10.9 Å². The van der Waals surface area contributed by atoms with Crippen molar-refractivity contribution in [1.82, 2.24) is 4.98 Å². The molecule has 21 heavy (non-hydrogen) atoms. The summed E-state index contributed by atoms with van der Waals surface area (Å²) in [7, 11) is 0. The average Bonchev–Trinajstić information content (AvgIpc) is 2.48. The number of benzene rings is 2. The zero-order valence-electron chi connectivity index (χ0n) is 12.5. The lowest BCUT2D eigenvalue weighted by Crippen LogP contribution is -2.35. The molecule has 1 aromatic heterocycles. The molecular formula is C19H20N2. The van der Waals surface area contributed by atoms with Crippen molar-refractivity contribution in [2.45, 2.75) is 25.8 Å². The zero-order valence-corrected chi connectivity index (χ0v) is 12.5. The van der Waals surface area contributed by atoms with Crippen LogP contribution in [0.15, 0.2) is 60.8 Å². The number of para-hydroxylation sites is 1. The van der Waals surface area contributed by atoms with Gasteiger partial charge in [-0.25, -0.2) is 0 Å². The number of hydrogen-bond acceptors (Lipinski definition) is 2. The zero-order chi connectivity index (χ0) is 14.9. The summed E-state index contributed by atoms with van der Waals surface area (Å²) >= 11 is 0. The van der Waals surface area contributed by atoms with Crippen molar-refractivity contribution in [2.75, 3.05) is 0 Å². The molecule has 0 saturated heterocycles. The van der Waals surface area contributed by atoms with E-state index in [0.29, 0.717) is 0 Å². The van der Waals surface area contributed by atoms with Gasteiger partial charge < -0.3 is 5.73 Å². The number of nitrogens with zero attached hydrogens (tertiary/aromatic N) is 1. The third kappa shape index (κ3) is 2.81. The van der Waals surface area contributed by atoms with Crippen LogP contribution in [0.4, 0.5) is 0 Å². The molecule has 1 atom stereocenters. The van der Waals surface area contributed by atoms with Crippen LogP contribution in [-0.4, -0.2) is 4.98 Å². The number of fused-ring (bicyclic) bond motifs is 1. The van der Waals surface area contributed by atoms with Gasteiger partial charge in [0.05, 0.1) is 5.52 Å². The van der Waals surface area contributed by atoms with Gasteiger partial charge in [-0.05, 0) is 43.5 Å². The van der Waals surface area contributed by atoms with Gasteiger partial charge in [0.1, 0.15) is 0 Å². The molecular weight excluding hydrogens is 256 g/mol. The van der Waals surface area contributed by atoms with E-state index in [4.69, 9.17) is 5.73 Å². The molecule has 3 aromatic rings. The molecule has 0 radical (unpaired) electrons. The monoisotopic (exact) mass is 276 g/mol. The Hall–Kier alpha value is -2.19. The summed E-state index contributed by atoms with van der Waals surface area (Å²) in [6.07, 6.45) is 2.65. The van der Waals surface area contributed by atoms with Gasteiger partial charge in [-0.15, -0.1) is 0 Å². The summed E-state index contributed by atoms with van der Waals surface area (Å²) in [4.78, 5) is 4.42. The molecule has 1 unspecified atom stereocenters. The molecule has 106 valence electrons. The SMILES string of the molecule is Cc1ccc(C(C)(N)Cc2ccnc3ccccc23)cc1. The van der Waals surface area contributed by atoms with Crippen LogP contribution in [0.5, 0.6) is 0 Å². The fraction of sp³-hybridized carbons (Fsp3) is 0.211. The summed E-state index contributed by atoms with van der Waals surface area (Å²) in [5.74, 6) is 0. The van der Waals surface area contributed by atoms with Gasteiger partial charge in [0.15, 0.2) is 0 Å². The molecule has 0 spiro atoms. The number of aromatic nitrogens is 1. The van der Waals surface area contributed by atoms with Crippen molar-refractivity contribution in [1.29, 1.82) is 0 Å². The molecule has 0 aliphatic heterocycles. The van der Waals surface area contributed by atoms with E-state index in [-0.39, 0.29) is 0 Å². The Bertz CT molecular complexity index is 753. The van der Waals surface area contributed by atoms with E-state index >= 15 is 0 Å². The largest absolute Gasteiger partial charge is 0.321 e. The van der Waals surface area contributed by atoms with Crippen molar-refractivity contribution in [3.63, 3.8) is 0 Å². The molecule has 0 aliphatic rings. The summed E-state index contributed by atoms with van der Waals surface area (Å²) in [6.45, 7) is 4.18. The number of aryl methyl sites for hydroxylation is 1. The summed E-state index contributed by atoms with van der Waals surface area (Å²) in [5.41, 5.74) is 10.9. The maximum atomic E-state index is 6.59. The van der Waals surface area contributed by atoms with Gasteiger partial charge in [-0.3, -0.25) is 4.98 Å². The maximum Gasteiger partial charge on any atom is 0.0704 e. The van der Waals surface area contributed by atoms with Crippen molar-refractivity contribution in [3.05, 3.63) is 77.5 Å². The van der Waals surface area contributed by atoms with Crippen molar-refractivity contribution < 1.29 is 0 Å². The Kier molecular flexibility index (Phi) is 3.48. The van der Waals surface area contributed by atoms with Crippen LogP contribution in [0, 0.1) is 6.92 Å². The first-order chi connectivity index (χ1) is 10.1. The fourth-order valence-corrected chi connectivity index (χ4v) is 2.74. The van der Waals surface area contributed by atoms with E-state index in [1.807, 2.05) is 24.4 Å². The van der Waals surface area contributed by atoms with Crippen molar-refractivity contribution >= 4 is 10.9 Å². The second-order valence-corrected chi connectivity index (χ2v) is 5.95. The van der Waals surface area contributed by atoms with E-state index in [1.165, 1.54) is 16.5 Å². The number of nitrogens with two attached hydrogens (primary N) is 1. The molecule has 2 N–H and O–H groups in total. The molecule has 0 amide bonds. The highest BCUT2D eigenvalue weighted by Crippen LogP contribution is 2.26. The minimum Gasteiger partial charge on any atom is -0.321 e. The first kappa shape index (κ1) is 13.8. The summed E-state index contributed by atoms with van der Waals surface area (Å²) in [6, 6.07) is 18.8. The fourth-order valence-electron chi connectivity index (χ4n) is 2.74. The predicted molar refractivity (Wildman–Crippen MR) is 88.2 cm³/mol.